The van der Waals surface area contributed by atoms with E-state index >= 15 is 0 Å². The molecule has 3 rings (SSSR count). The molecule has 2 aromatic carbocycles. The van der Waals surface area contributed by atoms with Gasteiger partial charge in [0.05, 0.1) is 0 Å². The standard InChI is InChI=1S/C15H11NO3S/c1-10-6-8-11(9-7-10)14(20(17)18)15-16-12-4-2-3-5-13(12)19-15/h2-9H,1H3. The van der Waals surface area contributed by atoms with Gasteiger partial charge in [0.2, 0.25) is 16.2 Å². The Morgan fingerprint density at radius 1 is 1.05 bits per heavy atom. The molecular formula is C15H11NO3S. The lowest BCUT2D eigenvalue weighted by atomic mass is 10.1. The lowest BCUT2D eigenvalue weighted by Crippen LogP contribution is -2.05. The molecule has 1 aromatic heterocycles. The van der Waals surface area contributed by atoms with Crippen LogP contribution in [0.2, 0.25) is 0 Å². The molecule has 1 heterocycles. The lowest BCUT2D eigenvalue weighted by molar-refractivity contribution is 0.591. The second-order valence-electron chi connectivity index (χ2n) is 4.42. The Morgan fingerprint density at radius 3 is 2.40 bits per heavy atom. The average Bonchev–Trinajstić information content (AvgIpc) is 2.84. The molecule has 4 nitrogen and oxygen atoms in total. The summed E-state index contributed by atoms with van der Waals surface area (Å²) < 4.78 is 28.6. The van der Waals surface area contributed by atoms with E-state index in [0.29, 0.717) is 16.7 Å². The molecular weight excluding hydrogens is 274 g/mol. The number of para-hydroxylation sites is 2. The summed E-state index contributed by atoms with van der Waals surface area (Å²) in [6.45, 7) is 1.94. The van der Waals surface area contributed by atoms with Crippen LogP contribution >= 0.6 is 0 Å². The van der Waals surface area contributed by atoms with Gasteiger partial charge in [-0.05, 0) is 19.1 Å². The fourth-order valence-corrected chi connectivity index (χ4v) is 2.52. The van der Waals surface area contributed by atoms with Crippen molar-refractivity contribution in [1.29, 1.82) is 0 Å². The zero-order valence-electron chi connectivity index (χ0n) is 10.7. The fraction of sp³-hybridized carbons (Fsp3) is 0.0667. The summed E-state index contributed by atoms with van der Waals surface area (Å²) in [4.78, 5) is 4.31. The zero-order valence-corrected chi connectivity index (χ0v) is 11.5. The minimum Gasteiger partial charge on any atom is -0.435 e. The van der Waals surface area contributed by atoms with Crippen LogP contribution in [0.3, 0.4) is 0 Å². The summed E-state index contributed by atoms with van der Waals surface area (Å²) in [5.41, 5.74) is 2.83. The number of oxazole rings is 1. The van der Waals surface area contributed by atoms with Gasteiger partial charge in [0.15, 0.2) is 10.4 Å². The normalized spacial score (nSPS) is 10.7. The highest BCUT2D eigenvalue weighted by molar-refractivity contribution is 7.73. The molecule has 0 saturated heterocycles. The number of rotatable bonds is 2. The van der Waals surface area contributed by atoms with E-state index in [4.69, 9.17) is 4.42 Å². The Morgan fingerprint density at radius 2 is 1.75 bits per heavy atom. The number of benzene rings is 2. The Bertz CT molecular complexity index is 865. The van der Waals surface area contributed by atoms with Crippen LogP contribution in [0.1, 0.15) is 17.0 Å². The molecule has 0 N–H and O–H groups in total. The quantitative estimate of drug-likeness (QED) is 0.536. The fourth-order valence-electron chi connectivity index (χ4n) is 1.97. The molecule has 3 aromatic rings. The second-order valence-corrected chi connectivity index (χ2v) is 5.29. The molecule has 0 saturated carbocycles. The van der Waals surface area contributed by atoms with E-state index in [-0.39, 0.29) is 10.8 Å². The van der Waals surface area contributed by atoms with Crippen molar-refractivity contribution in [2.75, 3.05) is 0 Å². The predicted octanol–water partition coefficient (Wildman–Crippen LogP) is 2.58. The van der Waals surface area contributed by atoms with Gasteiger partial charge in [-0.1, -0.05) is 42.0 Å². The first-order valence-corrected chi connectivity index (χ1v) is 7.12. The summed E-state index contributed by atoms with van der Waals surface area (Å²) in [6, 6.07) is 14.4. The largest absolute Gasteiger partial charge is 0.435 e. The predicted molar refractivity (Wildman–Crippen MR) is 77.3 cm³/mol. The van der Waals surface area contributed by atoms with Gasteiger partial charge in [0.1, 0.15) is 5.52 Å². The highest BCUT2D eigenvalue weighted by Gasteiger charge is 2.16. The lowest BCUT2D eigenvalue weighted by Gasteiger charge is -1.99. The second kappa shape index (κ2) is 4.94. The topological polar surface area (TPSA) is 60.2 Å². The van der Waals surface area contributed by atoms with E-state index in [1.807, 2.05) is 31.2 Å². The maximum absolute atomic E-state index is 11.5. The summed E-state index contributed by atoms with van der Waals surface area (Å²) in [6.07, 6.45) is 0. The van der Waals surface area contributed by atoms with Crippen molar-refractivity contribution in [3.63, 3.8) is 0 Å². The van der Waals surface area contributed by atoms with Crippen LogP contribution in [-0.2, 0) is 10.3 Å². The summed E-state index contributed by atoms with van der Waals surface area (Å²) in [7, 11) is -2.43. The molecule has 0 atom stereocenters. The molecule has 0 amide bonds. The Hall–Kier alpha value is -2.40. The number of nitrogens with zero attached hydrogens (tertiary/aromatic N) is 1. The molecule has 0 aliphatic heterocycles. The third-order valence-corrected chi connectivity index (χ3v) is 3.71. The Balaban J connectivity index is 2.22. The van der Waals surface area contributed by atoms with Gasteiger partial charge in [-0.3, -0.25) is 0 Å². The molecule has 0 aliphatic carbocycles. The highest BCUT2D eigenvalue weighted by atomic mass is 32.2. The summed E-state index contributed by atoms with van der Waals surface area (Å²) in [5.74, 6) is 0.114. The molecule has 0 unspecified atom stereocenters. The number of hydrogen-bond acceptors (Lipinski definition) is 4. The molecule has 0 aliphatic rings. The summed E-state index contributed by atoms with van der Waals surface area (Å²) >= 11 is 0. The van der Waals surface area contributed by atoms with E-state index < -0.39 is 10.3 Å². The first-order valence-electron chi connectivity index (χ1n) is 6.04. The number of hydrogen-bond donors (Lipinski definition) is 0. The minimum atomic E-state index is -2.43. The number of fused-ring (bicyclic) bond motifs is 1. The van der Waals surface area contributed by atoms with E-state index in [1.165, 1.54) is 0 Å². The molecule has 0 bridgehead atoms. The van der Waals surface area contributed by atoms with Crippen LogP contribution in [0, 0.1) is 6.92 Å². The zero-order chi connectivity index (χ0) is 14.1. The van der Waals surface area contributed by atoms with E-state index in [1.54, 1.807) is 24.3 Å². The first kappa shape index (κ1) is 12.6. The maximum atomic E-state index is 11.5. The van der Waals surface area contributed by atoms with Crippen molar-refractivity contribution in [2.45, 2.75) is 6.92 Å². The number of aryl methyl sites for hydroxylation is 1. The smallest absolute Gasteiger partial charge is 0.243 e. The van der Waals surface area contributed by atoms with Gasteiger partial charge in [0, 0.05) is 5.56 Å². The third-order valence-electron chi connectivity index (χ3n) is 2.97. The van der Waals surface area contributed by atoms with Crippen LogP contribution in [0.25, 0.3) is 11.1 Å². The Kier molecular flexibility index (Phi) is 3.12. The minimum absolute atomic E-state index is 0.0706. The van der Waals surface area contributed by atoms with Crippen LogP contribution in [0.5, 0.6) is 0 Å². The molecule has 100 valence electrons. The molecule has 5 heteroatoms. The van der Waals surface area contributed by atoms with E-state index in [2.05, 4.69) is 4.98 Å². The van der Waals surface area contributed by atoms with Gasteiger partial charge >= 0.3 is 0 Å². The van der Waals surface area contributed by atoms with Gasteiger partial charge in [-0.15, -0.1) is 0 Å². The third kappa shape index (κ3) is 2.23. The monoisotopic (exact) mass is 285 g/mol. The van der Waals surface area contributed by atoms with Crippen molar-refractivity contribution >= 4 is 26.3 Å². The SMILES string of the molecule is Cc1ccc(C(c2nc3ccccc3o2)=S(=O)=O)cc1. The molecule has 0 fully saturated rings. The van der Waals surface area contributed by atoms with Crippen LogP contribution < -0.4 is 0 Å². The summed E-state index contributed by atoms with van der Waals surface area (Å²) in [5, 5.41) is 0. The maximum Gasteiger partial charge on any atom is 0.243 e. The van der Waals surface area contributed by atoms with Gasteiger partial charge in [-0.2, -0.15) is 8.42 Å². The van der Waals surface area contributed by atoms with Crippen LogP contribution in [0.15, 0.2) is 52.9 Å². The highest BCUT2D eigenvalue weighted by Crippen LogP contribution is 2.18. The van der Waals surface area contributed by atoms with E-state index in [9.17, 15) is 8.42 Å². The first-order chi connectivity index (χ1) is 9.65. The number of aromatic nitrogens is 1. The molecule has 0 spiro atoms. The van der Waals surface area contributed by atoms with E-state index in [0.717, 1.165) is 5.56 Å². The van der Waals surface area contributed by atoms with Crippen molar-refractivity contribution in [3.8, 4) is 0 Å². The molecule has 20 heavy (non-hydrogen) atoms. The van der Waals surface area contributed by atoms with Crippen LogP contribution in [-0.4, -0.2) is 18.3 Å². The molecule has 0 radical (unpaired) electrons. The average molecular weight is 285 g/mol. The van der Waals surface area contributed by atoms with Crippen LogP contribution in [0.4, 0.5) is 0 Å². The Labute approximate surface area is 117 Å². The van der Waals surface area contributed by atoms with Crippen molar-refractivity contribution in [2.24, 2.45) is 0 Å². The van der Waals surface area contributed by atoms with Crippen molar-refractivity contribution < 1.29 is 12.8 Å². The van der Waals surface area contributed by atoms with Gasteiger partial charge in [-0.25, -0.2) is 4.98 Å². The van der Waals surface area contributed by atoms with Gasteiger partial charge in [0.25, 0.3) is 0 Å². The van der Waals surface area contributed by atoms with Crippen molar-refractivity contribution in [3.05, 3.63) is 65.5 Å². The van der Waals surface area contributed by atoms with Gasteiger partial charge < -0.3 is 4.42 Å². The van der Waals surface area contributed by atoms with Crippen molar-refractivity contribution in [1.82, 2.24) is 4.98 Å².